The quantitative estimate of drug-likeness (QED) is 0.520. The van der Waals surface area contributed by atoms with E-state index < -0.39 is 0 Å². The third kappa shape index (κ3) is 2.36. The van der Waals surface area contributed by atoms with Crippen LogP contribution in [0.2, 0.25) is 0 Å². The minimum Gasteiger partial charge on any atom is -1.00 e. The van der Waals surface area contributed by atoms with E-state index in [1.54, 1.807) is 12.1 Å². The normalized spacial score (nSPS) is 34.7. The summed E-state index contributed by atoms with van der Waals surface area (Å²) < 4.78 is 14.7. The van der Waals surface area contributed by atoms with Gasteiger partial charge in [0, 0.05) is 17.9 Å². The van der Waals surface area contributed by atoms with Gasteiger partial charge in [0.25, 0.3) is 0 Å². The lowest BCUT2D eigenvalue weighted by atomic mass is 10.1. The average molecular weight is 347 g/mol. The molecule has 0 spiro atoms. The van der Waals surface area contributed by atoms with Gasteiger partial charge in [-0.25, -0.2) is 4.39 Å². The largest absolute Gasteiger partial charge is 1.00 e. The second-order valence-corrected chi connectivity index (χ2v) is 5.74. The number of benzene rings is 1. The third-order valence-electron chi connectivity index (χ3n) is 4.56. The fourth-order valence-electron chi connectivity index (χ4n) is 3.73. The van der Waals surface area contributed by atoms with Crippen LogP contribution >= 0.6 is 0 Å². The van der Waals surface area contributed by atoms with Crippen molar-refractivity contribution >= 4 is 0 Å². The molecular formula is C14H19FIN. The Morgan fingerprint density at radius 2 is 2.06 bits per heavy atom. The SMILES string of the molecule is C[N+]1(Cc2ccccc2F)CC2CCC1C2.[I-]. The summed E-state index contributed by atoms with van der Waals surface area (Å²) in [4.78, 5) is 0. The Balaban J connectivity index is 0.00000108. The van der Waals surface area contributed by atoms with Crippen LogP contribution < -0.4 is 24.0 Å². The fraction of sp³-hybridized carbons (Fsp3) is 0.571. The third-order valence-corrected chi connectivity index (χ3v) is 4.56. The number of nitrogens with zero attached hydrogens (tertiary/aromatic N) is 1. The molecule has 1 saturated heterocycles. The van der Waals surface area contributed by atoms with Gasteiger partial charge in [0.05, 0.1) is 19.6 Å². The molecule has 3 heteroatoms. The van der Waals surface area contributed by atoms with E-state index in [0.29, 0.717) is 0 Å². The van der Waals surface area contributed by atoms with Crippen LogP contribution in [0.3, 0.4) is 0 Å². The predicted molar refractivity (Wildman–Crippen MR) is 62.3 cm³/mol. The minimum absolute atomic E-state index is 0. The number of likely N-dealkylation sites (tertiary alicyclic amines) is 1. The standard InChI is InChI=1S/C14H19FN.HI/c1-16(9-11-6-7-13(16)8-11)10-12-4-2-3-5-14(12)15;/h2-5,11,13H,6-10H2,1H3;1H/q+1;/p-1. The number of halogens is 2. The van der Waals surface area contributed by atoms with Crippen LogP contribution in [0.5, 0.6) is 0 Å². The highest BCUT2D eigenvalue weighted by Gasteiger charge is 2.48. The molecule has 1 aliphatic carbocycles. The number of hydrogen-bond acceptors (Lipinski definition) is 0. The maximum Gasteiger partial charge on any atom is 0.132 e. The Kier molecular flexibility index (Phi) is 3.78. The lowest BCUT2D eigenvalue weighted by molar-refractivity contribution is -0.938. The lowest BCUT2D eigenvalue weighted by Gasteiger charge is -2.38. The number of fused-ring (bicyclic) bond motifs is 2. The summed E-state index contributed by atoms with van der Waals surface area (Å²) in [6, 6.07) is 8.01. The Morgan fingerprint density at radius 3 is 2.65 bits per heavy atom. The van der Waals surface area contributed by atoms with Gasteiger partial charge < -0.3 is 28.5 Å². The zero-order chi connectivity index (χ0) is 11.2. The van der Waals surface area contributed by atoms with Gasteiger partial charge in [-0.2, -0.15) is 0 Å². The summed E-state index contributed by atoms with van der Waals surface area (Å²) in [7, 11) is 2.30. The van der Waals surface area contributed by atoms with Gasteiger partial charge in [-0.3, -0.25) is 0 Å². The summed E-state index contributed by atoms with van der Waals surface area (Å²) in [6.45, 7) is 2.12. The predicted octanol–water partition coefficient (Wildman–Crippen LogP) is -0.0414. The topological polar surface area (TPSA) is 0 Å². The Labute approximate surface area is 120 Å². The van der Waals surface area contributed by atoms with Crippen LogP contribution in [0.1, 0.15) is 24.8 Å². The van der Waals surface area contributed by atoms with E-state index in [9.17, 15) is 4.39 Å². The molecular weight excluding hydrogens is 328 g/mol. The van der Waals surface area contributed by atoms with Gasteiger partial charge in [0.1, 0.15) is 12.4 Å². The Bertz CT molecular complexity index is 409. The van der Waals surface area contributed by atoms with Crippen LogP contribution in [0.4, 0.5) is 4.39 Å². The molecule has 1 aromatic carbocycles. The molecule has 17 heavy (non-hydrogen) atoms. The van der Waals surface area contributed by atoms with Crippen molar-refractivity contribution in [1.29, 1.82) is 0 Å². The van der Waals surface area contributed by atoms with Crippen molar-refractivity contribution in [2.24, 2.45) is 5.92 Å². The van der Waals surface area contributed by atoms with Gasteiger partial charge in [-0.05, 0) is 18.9 Å². The van der Waals surface area contributed by atoms with E-state index in [0.717, 1.165) is 28.6 Å². The average Bonchev–Trinajstić information content (AvgIpc) is 2.81. The summed E-state index contributed by atoms with van der Waals surface area (Å²) in [6.07, 6.45) is 4.11. The van der Waals surface area contributed by atoms with Gasteiger partial charge in [0.2, 0.25) is 0 Å². The first-order chi connectivity index (χ1) is 7.67. The highest BCUT2D eigenvalue weighted by atomic mass is 127. The van der Waals surface area contributed by atoms with Crippen LogP contribution in [-0.4, -0.2) is 24.1 Å². The van der Waals surface area contributed by atoms with Crippen molar-refractivity contribution < 1.29 is 32.9 Å². The molecule has 0 amide bonds. The molecule has 2 aliphatic rings. The molecule has 3 atom stereocenters. The minimum atomic E-state index is -0.0374. The van der Waals surface area contributed by atoms with Crippen LogP contribution in [0.25, 0.3) is 0 Å². The molecule has 1 heterocycles. The molecule has 0 radical (unpaired) electrons. The highest BCUT2D eigenvalue weighted by Crippen LogP contribution is 2.42. The van der Waals surface area contributed by atoms with Gasteiger partial charge in [0.15, 0.2) is 0 Å². The number of hydrogen-bond donors (Lipinski definition) is 0. The molecule has 1 nitrogen and oxygen atoms in total. The van der Waals surface area contributed by atoms with Crippen molar-refractivity contribution in [2.75, 3.05) is 13.6 Å². The number of piperidine rings is 1. The highest BCUT2D eigenvalue weighted by molar-refractivity contribution is 5.16. The molecule has 2 fully saturated rings. The zero-order valence-corrected chi connectivity index (χ0v) is 12.4. The van der Waals surface area contributed by atoms with Crippen molar-refractivity contribution in [1.82, 2.24) is 0 Å². The van der Waals surface area contributed by atoms with Crippen molar-refractivity contribution in [3.63, 3.8) is 0 Å². The molecule has 0 N–H and O–H groups in total. The van der Waals surface area contributed by atoms with Gasteiger partial charge >= 0.3 is 0 Å². The van der Waals surface area contributed by atoms with E-state index in [-0.39, 0.29) is 29.8 Å². The maximum absolute atomic E-state index is 13.6. The first-order valence-electron chi connectivity index (χ1n) is 6.25. The number of rotatable bonds is 2. The van der Waals surface area contributed by atoms with E-state index in [4.69, 9.17) is 0 Å². The summed E-state index contributed by atoms with van der Waals surface area (Å²) in [5, 5.41) is 0. The first kappa shape index (κ1) is 13.3. The van der Waals surface area contributed by atoms with Gasteiger partial charge in [-0.1, -0.05) is 18.2 Å². The lowest BCUT2D eigenvalue weighted by Crippen LogP contribution is -3.00. The van der Waals surface area contributed by atoms with Crippen LogP contribution in [0.15, 0.2) is 24.3 Å². The second kappa shape index (κ2) is 4.84. The van der Waals surface area contributed by atoms with E-state index in [1.165, 1.54) is 25.8 Å². The maximum atomic E-state index is 13.6. The molecule has 1 aliphatic heterocycles. The van der Waals surface area contributed by atoms with Crippen molar-refractivity contribution in [3.05, 3.63) is 35.6 Å². The summed E-state index contributed by atoms with van der Waals surface area (Å²) >= 11 is 0. The fourth-order valence-corrected chi connectivity index (χ4v) is 3.73. The molecule has 1 aromatic rings. The molecule has 94 valence electrons. The molecule has 0 aromatic heterocycles. The molecule has 2 bridgehead atoms. The van der Waals surface area contributed by atoms with Crippen molar-refractivity contribution in [2.45, 2.75) is 31.8 Å². The number of quaternary nitrogens is 1. The molecule has 1 saturated carbocycles. The van der Waals surface area contributed by atoms with E-state index in [1.807, 2.05) is 12.1 Å². The van der Waals surface area contributed by atoms with E-state index in [2.05, 4.69) is 7.05 Å². The van der Waals surface area contributed by atoms with Gasteiger partial charge in [-0.15, -0.1) is 0 Å². The molecule has 3 rings (SSSR count). The summed E-state index contributed by atoms with van der Waals surface area (Å²) in [5.74, 6) is 0.867. The van der Waals surface area contributed by atoms with Crippen molar-refractivity contribution in [3.8, 4) is 0 Å². The molecule has 3 unspecified atom stereocenters. The Hall–Kier alpha value is -0.160. The first-order valence-corrected chi connectivity index (χ1v) is 6.25. The summed E-state index contributed by atoms with van der Waals surface area (Å²) in [5.41, 5.74) is 0.887. The van der Waals surface area contributed by atoms with Crippen LogP contribution in [0, 0.1) is 11.7 Å². The zero-order valence-electron chi connectivity index (χ0n) is 10.2. The van der Waals surface area contributed by atoms with E-state index >= 15 is 0 Å². The second-order valence-electron chi connectivity index (χ2n) is 5.74. The van der Waals surface area contributed by atoms with Crippen LogP contribution in [-0.2, 0) is 6.54 Å². The monoisotopic (exact) mass is 347 g/mol. The Morgan fingerprint density at radius 1 is 1.29 bits per heavy atom. The smallest absolute Gasteiger partial charge is 0.132 e.